The predicted octanol–water partition coefficient (Wildman–Crippen LogP) is 1.91. The topological polar surface area (TPSA) is 62.9 Å². The zero-order chi connectivity index (χ0) is 13.0. The minimum Gasteiger partial charge on any atom is -0.481 e. The number of aryl methyl sites for hydroxylation is 1. The van der Waals surface area contributed by atoms with E-state index in [-0.39, 0.29) is 0 Å². The summed E-state index contributed by atoms with van der Waals surface area (Å²) in [5, 5.41) is 16.5. The van der Waals surface area contributed by atoms with Gasteiger partial charge >= 0.3 is 0 Å². The Labute approximate surface area is 106 Å². The molecule has 0 saturated heterocycles. The van der Waals surface area contributed by atoms with Crippen LogP contribution >= 0.6 is 0 Å². The first-order chi connectivity index (χ1) is 8.74. The fourth-order valence-electron chi connectivity index (χ4n) is 1.70. The number of anilines is 1. The SMILES string of the molecule is COc1cc(CNc2ccccc2C#N)nn1C. The van der Waals surface area contributed by atoms with Gasteiger partial charge in [0.05, 0.1) is 30.6 Å². The minimum atomic E-state index is 0.551. The van der Waals surface area contributed by atoms with Crippen LogP contribution in [0.5, 0.6) is 5.88 Å². The molecule has 1 aromatic heterocycles. The number of hydrogen-bond acceptors (Lipinski definition) is 4. The summed E-state index contributed by atoms with van der Waals surface area (Å²) >= 11 is 0. The second-order valence-electron chi connectivity index (χ2n) is 3.81. The van der Waals surface area contributed by atoms with E-state index in [1.54, 1.807) is 17.9 Å². The first-order valence-electron chi connectivity index (χ1n) is 5.54. The Morgan fingerprint density at radius 3 is 2.89 bits per heavy atom. The lowest BCUT2D eigenvalue weighted by molar-refractivity contribution is 0.373. The predicted molar refractivity (Wildman–Crippen MR) is 68.2 cm³/mol. The van der Waals surface area contributed by atoms with Crippen LogP contribution in [0.15, 0.2) is 30.3 Å². The first kappa shape index (κ1) is 12.0. The van der Waals surface area contributed by atoms with Crippen LogP contribution in [-0.4, -0.2) is 16.9 Å². The van der Waals surface area contributed by atoms with Crippen molar-refractivity contribution in [3.05, 3.63) is 41.6 Å². The fourth-order valence-corrected chi connectivity index (χ4v) is 1.70. The molecule has 0 saturated carbocycles. The Hall–Kier alpha value is -2.48. The van der Waals surface area contributed by atoms with Gasteiger partial charge in [-0.05, 0) is 12.1 Å². The zero-order valence-corrected chi connectivity index (χ0v) is 10.3. The molecule has 1 heterocycles. The molecule has 5 heteroatoms. The molecule has 0 bridgehead atoms. The van der Waals surface area contributed by atoms with Crippen LogP contribution < -0.4 is 10.1 Å². The Balaban J connectivity index is 2.09. The normalized spacial score (nSPS) is 9.83. The summed E-state index contributed by atoms with van der Waals surface area (Å²) < 4.78 is 6.82. The maximum atomic E-state index is 8.97. The van der Waals surface area contributed by atoms with E-state index >= 15 is 0 Å². The molecule has 5 nitrogen and oxygen atoms in total. The third kappa shape index (κ3) is 2.43. The molecule has 0 aliphatic heterocycles. The molecule has 0 spiro atoms. The Bertz CT molecular complexity index is 583. The van der Waals surface area contributed by atoms with Crippen LogP contribution in [0.3, 0.4) is 0 Å². The van der Waals surface area contributed by atoms with E-state index in [1.165, 1.54) is 0 Å². The van der Waals surface area contributed by atoms with Crippen LogP contribution in [-0.2, 0) is 13.6 Å². The molecule has 18 heavy (non-hydrogen) atoms. The van der Waals surface area contributed by atoms with E-state index in [9.17, 15) is 0 Å². The lowest BCUT2D eigenvalue weighted by Crippen LogP contribution is -2.02. The standard InChI is InChI=1S/C13H14N4O/c1-17-13(18-2)7-11(16-17)9-15-12-6-4-3-5-10(12)8-14/h3-7,15H,9H2,1-2H3. The molecule has 1 N–H and O–H groups in total. The van der Waals surface area contributed by atoms with E-state index in [0.29, 0.717) is 18.0 Å². The minimum absolute atomic E-state index is 0.551. The maximum Gasteiger partial charge on any atom is 0.211 e. The van der Waals surface area contributed by atoms with Crippen LogP contribution in [0.25, 0.3) is 0 Å². The van der Waals surface area contributed by atoms with Crippen molar-refractivity contribution in [3.8, 4) is 11.9 Å². The van der Waals surface area contributed by atoms with Crippen molar-refractivity contribution in [2.24, 2.45) is 7.05 Å². The Morgan fingerprint density at radius 1 is 1.44 bits per heavy atom. The van der Waals surface area contributed by atoms with E-state index in [2.05, 4.69) is 16.5 Å². The highest BCUT2D eigenvalue weighted by Gasteiger charge is 2.05. The van der Waals surface area contributed by atoms with Gasteiger partial charge in [-0.1, -0.05) is 12.1 Å². The third-order valence-corrected chi connectivity index (χ3v) is 2.60. The van der Waals surface area contributed by atoms with E-state index < -0.39 is 0 Å². The average Bonchev–Trinajstić information content (AvgIpc) is 2.77. The summed E-state index contributed by atoms with van der Waals surface area (Å²) in [6.07, 6.45) is 0. The number of nitrogens with one attached hydrogen (secondary N) is 1. The Morgan fingerprint density at radius 2 is 2.22 bits per heavy atom. The first-order valence-corrected chi connectivity index (χ1v) is 5.54. The molecule has 0 aliphatic carbocycles. The molecule has 1 aromatic carbocycles. The maximum absolute atomic E-state index is 8.97. The number of aromatic nitrogens is 2. The van der Waals surface area contributed by atoms with Gasteiger partial charge in [0, 0.05) is 13.1 Å². The highest BCUT2D eigenvalue weighted by atomic mass is 16.5. The van der Waals surface area contributed by atoms with Gasteiger partial charge in [-0.2, -0.15) is 10.4 Å². The number of ether oxygens (including phenoxy) is 1. The van der Waals surface area contributed by atoms with Crippen molar-refractivity contribution in [2.45, 2.75) is 6.54 Å². The molecule has 2 aromatic rings. The fraction of sp³-hybridized carbons (Fsp3) is 0.231. The van der Waals surface area contributed by atoms with Gasteiger partial charge in [0.25, 0.3) is 0 Å². The second kappa shape index (κ2) is 5.23. The van der Waals surface area contributed by atoms with Gasteiger partial charge < -0.3 is 10.1 Å². The summed E-state index contributed by atoms with van der Waals surface area (Å²) in [6.45, 7) is 0.551. The van der Waals surface area contributed by atoms with Crippen molar-refractivity contribution in [1.82, 2.24) is 9.78 Å². The van der Waals surface area contributed by atoms with Gasteiger partial charge in [0.1, 0.15) is 6.07 Å². The number of methoxy groups -OCH3 is 1. The molecule has 0 atom stereocenters. The highest BCUT2D eigenvalue weighted by Crippen LogP contribution is 2.16. The smallest absolute Gasteiger partial charge is 0.211 e. The van der Waals surface area contributed by atoms with E-state index in [1.807, 2.05) is 31.3 Å². The number of para-hydroxylation sites is 1. The molecular formula is C13H14N4O. The lowest BCUT2D eigenvalue weighted by atomic mass is 10.2. The Kier molecular flexibility index (Phi) is 3.49. The van der Waals surface area contributed by atoms with Crippen molar-refractivity contribution in [2.75, 3.05) is 12.4 Å². The second-order valence-corrected chi connectivity index (χ2v) is 3.81. The van der Waals surface area contributed by atoms with Gasteiger partial charge in [-0.15, -0.1) is 0 Å². The van der Waals surface area contributed by atoms with Gasteiger partial charge in [0.2, 0.25) is 5.88 Å². The number of hydrogen-bond donors (Lipinski definition) is 1. The summed E-state index contributed by atoms with van der Waals surface area (Å²) in [5.74, 6) is 0.709. The molecule has 0 unspecified atom stereocenters. The number of rotatable bonds is 4. The molecule has 2 rings (SSSR count). The molecule has 92 valence electrons. The van der Waals surface area contributed by atoms with Crippen LogP contribution in [0.2, 0.25) is 0 Å². The van der Waals surface area contributed by atoms with Crippen molar-refractivity contribution in [1.29, 1.82) is 5.26 Å². The van der Waals surface area contributed by atoms with Crippen LogP contribution in [0, 0.1) is 11.3 Å². The van der Waals surface area contributed by atoms with E-state index in [4.69, 9.17) is 10.00 Å². The summed E-state index contributed by atoms with van der Waals surface area (Å²) in [5.41, 5.74) is 2.30. The highest BCUT2D eigenvalue weighted by molar-refractivity contribution is 5.57. The molecular weight excluding hydrogens is 228 g/mol. The van der Waals surface area contributed by atoms with Crippen molar-refractivity contribution >= 4 is 5.69 Å². The van der Waals surface area contributed by atoms with E-state index in [0.717, 1.165) is 11.4 Å². The lowest BCUT2D eigenvalue weighted by Gasteiger charge is -2.05. The monoisotopic (exact) mass is 242 g/mol. The quantitative estimate of drug-likeness (QED) is 0.889. The number of nitriles is 1. The summed E-state index contributed by atoms with van der Waals surface area (Å²) in [7, 11) is 3.44. The number of benzene rings is 1. The molecule has 0 radical (unpaired) electrons. The van der Waals surface area contributed by atoms with Crippen molar-refractivity contribution < 1.29 is 4.74 Å². The number of nitrogens with zero attached hydrogens (tertiary/aromatic N) is 3. The van der Waals surface area contributed by atoms with Gasteiger partial charge in [-0.25, -0.2) is 4.68 Å². The third-order valence-electron chi connectivity index (χ3n) is 2.60. The average molecular weight is 242 g/mol. The van der Waals surface area contributed by atoms with Gasteiger partial charge in [-0.3, -0.25) is 0 Å². The van der Waals surface area contributed by atoms with Gasteiger partial charge in [0.15, 0.2) is 0 Å². The van der Waals surface area contributed by atoms with Crippen LogP contribution in [0.1, 0.15) is 11.3 Å². The zero-order valence-electron chi connectivity index (χ0n) is 10.3. The molecule has 0 amide bonds. The molecule has 0 fully saturated rings. The van der Waals surface area contributed by atoms with Crippen molar-refractivity contribution in [3.63, 3.8) is 0 Å². The summed E-state index contributed by atoms with van der Waals surface area (Å²) in [6, 6.07) is 11.4. The van der Waals surface area contributed by atoms with Crippen LogP contribution in [0.4, 0.5) is 5.69 Å². The largest absolute Gasteiger partial charge is 0.481 e. The molecule has 0 aliphatic rings. The summed E-state index contributed by atoms with van der Waals surface area (Å²) in [4.78, 5) is 0.